The molecule has 0 atom stereocenters. The van der Waals surface area contributed by atoms with Crippen LogP contribution >= 0.6 is 0 Å². The zero-order valence-corrected chi connectivity index (χ0v) is 14.7. The van der Waals surface area contributed by atoms with E-state index in [2.05, 4.69) is 15.2 Å². The molecule has 1 aliphatic heterocycles. The van der Waals surface area contributed by atoms with Gasteiger partial charge in [0.15, 0.2) is 0 Å². The second kappa shape index (κ2) is 6.81. The van der Waals surface area contributed by atoms with Gasteiger partial charge in [-0.3, -0.25) is 4.79 Å². The van der Waals surface area contributed by atoms with E-state index in [1.54, 1.807) is 37.4 Å². The zero-order chi connectivity index (χ0) is 18.0. The SMILES string of the molecule is Cc1ccc(NC(=O)c2cccnc2N2CCCC2)cc1S(N)(=O)=O. The molecule has 2 heterocycles. The molecular weight excluding hydrogens is 340 g/mol. The van der Waals surface area contributed by atoms with E-state index in [4.69, 9.17) is 5.14 Å². The second-order valence-corrected chi connectivity index (χ2v) is 7.58. The van der Waals surface area contributed by atoms with Crippen LogP contribution in [0.1, 0.15) is 28.8 Å². The van der Waals surface area contributed by atoms with Crippen LogP contribution in [0.25, 0.3) is 0 Å². The van der Waals surface area contributed by atoms with Crippen molar-refractivity contribution in [2.45, 2.75) is 24.7 Å². The summed E-state index contributed by atoms with van der Waals surface area (Å²) in [6.07, 6.45) is 3.82. The third-order valence-corrected chi connectivity index (χ3v) is 5.24. The van der Waals surface area contributed by atoms with Crippen molar-refractivity contribution in [1.29, 1.82) is 0 Å². The molecule has 1 aromatic carbocycles. The quantitative estimate of drug-likeness (QED) is 0.866. The Morgan fingerprint density at radius 1 is 1.24 bits per heavy atom. The number of carbonyl (C=O) groups excluding carboxylic acids is 1. The number of hydrogen-bond donors (Lipinski definition) is 2. The van der Waals surface area contributed by atoms with Crippen molar-refractivity contribution >= 4 is 27.4 Å². The van der Waals surface area contributed by atoms with Crippen molar-refractivity contribution in [2.75, 3.05) is 23.3 Å². The molecule has 0 saturated carbocycles. The highest BCUT2D eigenvalue weighted by atomic mass is 32.2. The molecule has 8 heteroatoms. The summed E-state index contributed by atoms with van der Waals surface area (Å²) >= 11 is 0. The lowest BCUT2D eigenvalue weighted by Gasteiger charge is -2.19. The second-order valence-electron chi connectivity index (χ2n) is 6.05. The first-order valence-electron chi connectivity index (χ1n) is 8.01. The van der Waals surface area contributed by atoms with E-state index < -0.39 is 10.0 Å². The Morgan fingerprint density at radius 2 is 1.96 bits per heavy atom. The summed E-state index contributed by atoms with van der Waals surface area (Å²) in [4.78, 5) is 19.1. The van der Waals surface area contributed by atoms with Gasteiger partial charge in [-0.25, -0.2) is 18.5 Å². The molecule has 1 aromatic heterocycles. The molecule has 1 saturated heterocycles. The van der Waals surface area contributed by atoms with Gasteiger partial charge in [0.05, 0.1) is 10.5 Å². The van der Waals surface area contributed by atoms with Gasteiger partial charge in [-0.1, -0.05) is 6.07 Å². The van der Waals surface area contributed by atoms with E-state index in [1.807, 2.05) is 0 Å². The minimum atomic E-state index is -3.85. The van der Waals surface area contributed by atoms with Crippen LogP contribution in [0.3, 0.4) is 0 Å². The number of amides is 1. The van der Waals surface area contributed by atoms with E-state index in [-0.39, 0.29) is 10.8 Å². The number of benzene rings is 1. The molecule has 0 radical (unpaired) electrons. The van der Waals surface area contributed by atoms with Crippen LogP contribution in [0, 0.1) is 6.92 Å². The van der Waals surface area contributed by atoms with Gasteiger partial charge in [0.2, 0.25) is 10.0 Å². The molecule has 3 rings (SSSR count). The molecule has 2 aromatic rings. The lowest BCUT2D eigenvalue weighted by Crippen LogP contribution is -2.24. The van der Waals surface area contributed by atoms with Gasteiger partial charge in [0, 0.05) is 25.0 Å². The Balaban J connectivity index is 1.89. The predicted molar refractivity (Wildman–Crippen MR) is 96.2 cm³/mol. The summed E-state index contributed by atoms with van der Waals surface area (Å²) < 4.78 is 23.3. The Kier molecular flexibility index (Phi) is 4.73. The lowest BCUT2D eigenvalue weighted by atomic mass is 10.2. The fourth-order valence-electron chi connectivity index (χ4n) is 2.94. The maximum atomic E-state index is 12.7. The first kappa shape index (κ1) is 17.4. The van der Waals surface area contributed by atoms with Gasteiger partial charge >= 0.3 is 0 Å². The maximum absolute atomic E-state index is 12.7. The van der Waals surface area contributed by atoms with E-state index in [9.17, 15) is 13.2 Å². The fraction of sp³-hybridized carbons (Fsp3) is 0.294. The standard InChI is InChI=1S/C17H20N4O3S/c1-12-6-7-13(11-15(12)25(18,23)24)20-17(22)14-5-4-8-19-16(14)21-9-2-3-10-21/h4-8,11H,2-3,9-10H2,1H3,(H,20,22)(H2,18,23,24). The Morgan fingerprint density at radius 3 is 2.64 bits per heavy atom. The van der Waals surface area contributed by atoms with E-state index >= 15 is 0 Å². The zero-order valence-electron chi connectivity index (χ0n) is 13.9. The normalized spacial score (nSPS) is 14.6. The molecule has 1 fully saturated rings. The monoisotopic (exact) mass is 360 g/mol. The molecule has 3 N–H and O–H groups in total. The van der Waals surface area contributed by atoms with Crippen molar-refractivity contribution in [3.05, 3.63) is 47.7 Å². The summed E-state index contributed by atoms with van der Waals surface area (Å²) in [5.41, 5.74) is 1.36. The first-order chi connectivity index (χ1) is 11.9. The average Bonchev–Trinajstić information content (AvgIpc) is 3.10. The third-order valence-electron chi connectivity index (χ3n) is 4.19. The highest BCUT2D eigenvalue weighted by Crippen LogP contribution is 2.24. The van der Waals surface area contributed by atoms with Gasteiger partial charge in [-0.05, 0) is 49.6 Å². The van der Waals surface area contributed by atoms with Gasteiger partial charge < -0.3 is 10.2 Å². The van der Waals surface area contributed by atoms with Crippen LogP contribution in [0.4, 0.5) is 11.5 Å². The molecule has 0 spiro atoms. The fourth-order valence-corrected chi connectivity index (χ4v) is 3.75. The number of primary sulfonamides is 1. The summed E-state index contributed by atoms with van der Waals surface area (Å²) in [5.74, 6) is 0.315. The number of nitrogens with two attached hydrogens (primary N) is 1. The minimum Gasteiger partial charge on any atom is -0.356 e. The number of aryl methyl sites for hydroxylation is 1. The molecule has 0 unspecified atom stereocenters. The highest BCUT2D eigenvalue weighted by Gasteiger charge is 2.21. The number of hydrogen-bond acceptors (Lipinski definition) is 5. The van der Waals surface area contributed by atoms with Crippen molar-refractivity contribution < 1.29 is 13.2 Å². The van der Waals surface area contributed by atoms with Crippen molar-refractivity contribution in [3.8, 4) is 0 Å². The molecular formula is C17H20N4O3S. The minimum absolute atomic E-state index is 0.00347. The largest absolute Gasteiger partial charge is 0.356 e. The number of nitrogens with one attached hydrogen (secondary N) is 1. The summed E-state index contributed by atoms with van der Waals surface area (Å²) in [5, 5.41) is 7.95. The number of nitrogens with zero attached hydrogens (tertiary/aromatic N) is 2. The van der Waals surface area contributed by atoms with E-state index in [0.29, 0.717) is 22.6 Å². The van der Waals surface area contributed by atoms with Crippen molar-refractivity contribution in [1.82, 2.24) is 4.98 Å². The molecule has 1 amide bonds. The van der Waals surface area contributed by atoms with Crippen LogP contribution < -0.4 is 15.4 Å². The third kappa shape index (κ3) is 3.80. The first-order valence-corrected chi connectivity index (χ1v) is 9.55. The maximum Gasteiger partial charge on any atom is 0.259 e. The van der Waals surface area contributed by atoms with Crippen LogP contribution in [0.15, 0.2) is 41.4 Å². The van der Waals surface area contributed by atoms with Crippen molar-refractivity contribution in [2.24, 2.45) is 5.14 Å². The van der Waals surface area contributed by atoms with Crippen LogP contribution in [0.5, 0.6) is 0 Å². The lowest BCUT2D eigenvalue weighted by molar-refractivity contribution is 0.102. The van der Waals surface area contributed by atoms with Gasteiger partial charge in [0.1, 0.15) is 5.82 Å². The smallest absolute Gasteiger partial charge is 0.259 e. The number of rotatable bonds is 4. The van der Waals surface area contributed by atoms with Crippen LogP contribution in [-0.2, 0) is 10.0 Å². The summed E-state index contributed by atoms with van der Waals surface area (Å²) in [6.45, 7) is 3.40. The average molecular weight is 360 g/mol. The topological polar surface area (TPSA) is 105 Å². The van der Waals surface area contributed by atoms with Gasteiger partial charge in [-0.15, -0.1) is 0 Å². The molecule has 1 aliphatic rings. The molecule has 0 bridgehead atoms. The van der Waals surface area contributed by atoms with Crippen molar-refractivity contribution in [3.63, 3.8) is 0 Å². The Bertz CT molecular complexity index is 906. The highest BCUT2D eigenvalue weighted by molar-refractivity contribution is 7.89. The number of anilines is 2. The number of carbonyl (C=O) groups is 1. The summed E-state index contributed by atoms with van der Waals surface area (Å²) in [6, 6.07) is 8.05. The summed E-state index contributed by atoms with van der Waals surface area (Å²) in [7, 11) is -3.85. The molecule has 132 valence electrons. The van der Waals surface area contributed by atoms with Crippen LogP contribution in [-0.4, -0.2) is 32.4 Å². The number of aromatic nitrogens is 1. The Hall–Kier alpha value is -2.45. The van der Waals surface area contributed by atoms with Gasteiger partial charge in [0.25, 0.3) is 5.91 Å². The van der Waals surface area contributed by atoms with E-state index in [1.165, 1.54) is 6.07 Å². The predicted octanol–water partition coefficient (Wildman–Crippen LogP) is 1.89. The van der Waals surface area contributed by atoms with E-state index in [0.717, 1.165) is 25.9 Å². The number of pyridine rings is 1. The Labute approximate surface area is 146 Å². The number of sulfonamides is 1. The van der Waals surface area contributed by atoms with Gasteiger partial charge in [-0.2, -0.15) is 0 Å². The molecule has 7 nitrogen and oxygen atoms in total. The molecule has 0 aliphatic carbocycles. The molecule has 25 heavy (non-hydrogen) atoms. The van der Waals surface area contributed by atoms with Crippen LogP contribution in [0.2, 0.25) is 0 Å².